The molecule has 2 N–H and O–H groups in total. The van der Waals surface area contributed by atoms with Crippen molar-refractivity contribution in [2.24, 2.45) is 13.0 Å². The molecular formula is C16H19N3O2. The molecule has 0 amide bonds. The number of hydrogen-bond donors (Lipinski definition) is 1. The van der Waals surface area contributed by atoms with Crippen molar-refractivity contribution in [1.29, 1.82) is 0 Å². The Bertz CT molecular complexity index is 689. The largest absolute Gasteiger partial charge is 0.454 e. The van der Waals surface area contributed by atoms with Gasteiger partial charge in [0, 0.05) is 12.6 Å². The summed E-state index contributed by atoms with van der Waals surface area (Å²) in [5.41, 5.74) is 9.44. The van der Waals surface area contributed by atoms with Crippen LogP contribution in [0.2, 0.25) is 0 Å². The van der Waals surface area contributed by atoms with Gasteiger partial charge in [-0.1, -0.05) is 25.3 Å². The summed E-state index contributed by atoms with van der Waals surface area (Å²) in [4.78, 5) is 0. The lowest BCUT2D eigenvalue weighted by molar-refractivity contribution is 0.174. The molecule has 2 aromatic rings. The van der Waals surface area contributed by atoms with Crippen LogP contribution in [0.3, 0.4) is 0 Å². The molecule has 1 aromatic carbocycles. The van der Waals surface area contributed by atoms with E-state index in [1.807, 2.05) is 25.2 Å². The molecule has 0 atom stereocenters. The average molecular weight is 285 g/mol. The number of nitrogens with zero attached hydrogens (tertiary/aromatic N) is 2. The predicted molar refractivity (Wildman–Crippen MR) is 80.2 cm³/mol. The minimum atomic E-state index is 0.288. The second kappa shape index (κ2) is 4.69. The SMILES string of the molecule is Cn1nc(CC2CCC2)c(-c2ccc3c(c2)OCO3)c1N. The predicted octanol–water partition coefficient (Wildman–Crippen LogP) is 2.74. The van der Waals surface area contributed by atoms with Crippen LogP contribution in [0.4, 0.5) is 5.82 Å². The molecule has 5 heteroatoms. The second-order valence-electron chi connectivity index (χ2n) is 5.90. The van der Waals surface area contributed by atoms with Crippen LogP contribution in [0.1, 0.15) is 25.0 Å². The quantitative estimate of drug-likeness (QED) is 0.942. The molecule has 1 saturated carbocycles. The molecule has 0 bridgehead atoms. The summed E-state index contributed by atoms with van der Waals surface area (Å²) in [6.07, 6.45) is 4.95. The highest BCUT2D eigenvalue weighted by atomic mass is 16.7. The molecule has 1 aromatic heterocycles. The maximum atomic E-state index is 6.24. The monoisotopic (exact) mass is 285 g/mol. The fourth-order valence-electron chi connectivity index (χ4n) is 3.07. The number of hydrogen-bond acceptors (Lipinski definition) is 4. The van der Waals surface area contributed by atoms with Crippen molar-refractivity contribution >= 4 is 5.82 Å². The first-order chi connectivity index (χ1) is 10.2. The minimum Gasteiger partial charge on any atom is -0.454 e. The molecule has 0 unspecified atom stereocenters. The highest BCUT2D eigenvalue weighted by Crippen LogP contribution is 2.40. The molecule has 21 heavy (non-hydrogen) atoms. The van der Waals surface area contributed by atoms with Crippen molar-refractivity contribution in [3.05, 3.63) is 23.9 Å². The number of benzene rings is 1. The first kappa shape index (κ1) is 12.6. The molecule has 0 spiro atoms. The van der Waals surface area contributed by atoms with Gasteiger partial charge in [0.2, 0.25) is 6.79 Å². The van der Waals surface area contributed by atoms with E-state index in [4.69, 9.17) is 15.2 Å². The number of rotatable bonds is 3. The van der Waals surface area contributed by atoms with E-state index in [0.717, 1.165) is 40.7 Å². The molecule has 1 aliphatic carbocycles. The summed E-state index contributed by atoms with van der Waals surface area (Å²) in [7, 11) is 1.90. The number of ether oxygens (including phenoxy) is 2. The van der Waals surface area contributed by atoms with Gasteiger partial charge < -0.3 is 15.2 Å². The summed E-state index contributed by atoms with van der Waals surface area (Å²) in [5.74, 6) is 3.04. The second-order valence-corrected chi connectivity index (χ2v) is 5.90. The summed E-state index contributed by atoms with van der Waals surface area (Å²) in [5, 5.41) is 4.62. The standard InChI is InChI=1S/C16H19N3O2/c1-19-16(17)15(12(18-19)7-10-3-2-4-10)11-5-6-13-14(8-11)21-9-20-13/h5-6,8,10H,2-4,7,9,17H2,1H3. The van der Waals surface area contributed by atoms with E-state index in [1.165, 1.54) is 19.3 Å². The number of nitrogen functional groups attached to an aromatic ring is 1. The Kier molecular flexibility index (Phi) is 2.80. The molecule has 4 rings (SSSR count). The molecule has 110 valence electrons. The molecule has 2 aliphatic rings. The fourth-order valence-corrected chi connectivity index (χ4v) is 3.07. The molecule has 1 fully saturated rings. The number of aromatic nitrogens is 2. The molecular weight excluding hydrogens is 266 g/mol. The lowest BCUT2D eigenvalue weighted by Crippen LogP contribution is -2.14. The van der Waals surface area contributed by atoms with Crippen molar-refractivity contribution < 1.29 is 9.47 Å². The van der Waals surface area contributed by atoms with Gasteiger partial charge in [-0.3, -0.25) is 4.68 Å². The van der Waals surface area contributed by atoms with E-state index < -0.39 is 0 Å². The Labute approximate surface area is 123 Å². The van der Waals surface area contributed by atoms with Gasteiger partial charge in [-0.15, -0.1) is 0 Å². The highest BCUT2D eigenvalue weighted by molar-refractivity contribution is 5.78. The Morgan fingerprint density at radius 3 is 2.86 bits per heavy atom. The summed E-state index contributed by atoms with van der Waals surface area (Å²) >= 11 is 0. The molecule has 2 heterocycles. The average Bonchev–Trinajstić information content (AvgIpc) is 2.99. The van der Waals surface area contributed by atoms with Crippen molar-refractivity contribution in [3.63, 3.8) is 0 Å². The zero-order valence-electron chi connectivity index (χ0n) is 12.1. The zero-order chi connectivity index (χ0) is 14.4. The first-order valence-corrected chi connectivity index (χ1v) is 7.44. The number of nitrogens with two attached hydrogens (primary N) is 1. The van der Waals surface area contributed by atoms with Crippen LogP contribution in [-0.2, 0) is 13.5 Å². The fraction of sp³-hybridized carbons (Fsp3) is 0.438. The van der Waals surface area contributed by atoms with Crippen LogP contribution < -0.4 is 15.2 Å². The smallest absolute Gasteiger partial charge is 0.231 e. The maximum Gasteiger partial charge on any atom is 0.231 e. The Balaban J connectivity index is 1.75. The van der Waals surface area contributed by atoms with Gasteiger partial charge in [0.25, 0.3) is 0 Å². The van der Waals surface area contributed by atoms with Crippen LogP contribution in [0.15, 0.2) is 18.2 Å². The van der Waals surface area contributed by atoms with Gasteiger partial charge in [0.15, 0.2) is 11.5 Å². The molecule has 5 nitrogen and oxygen atoms in total. The molecule has 1 aliphatic heterocycles. The van der Waals surface area contributed by atoms with Gasteiger partial charge in [-0.2, -0.15) is 5.10 Å². The van der Waals surface area contributed by atoms with Crippen LogP contribution in [0, 0.1) is 5.92 Å². The highest BCUT2D eigenvalue weighted by Gasteiger charge is 2.24. The molecule has 0 radical (unpaired) electrons. The van der Waals surface area contributed by atoms with E-state index in [0.29, 0.717) is 5.82 Å². The van der Waals surface area contributed by atoms with Crippen LogP contribution >= 0.6 is 0 Å². The van der Waals surface area contributed by atoms with E-state index in [9.17, 15) is 0 Å². The normalized spacial score (nSPS) is 17.0. The number of aryl methyl sites for hydroxylation is 1. The van der Waals surface area contributed by atoms with Crippen LogP contribution in [0.25, 0.3) is 11.1 Å². The number of fused-ring (bicyclic) bond motifs is 1. The van der Waals surface area contributed by atoms with Crippen molar-refractivity contribution in [1.82, 2.24) is 9.78 Å². The Hall–Kier alpha value is -2.17. The lowest BCUT2D eigenvalue weighted by atomic mass is 9.81. The van der Waals surface area contributed by atoms with Crippen LogP contribution in [-0.4, -0.2) is 16.6 Å². The zero-order valence-corrected chi connectivity index (χ0v) is 12.1. The van der Waals surface area contributed by atoms with E-state index in [2.05, 4.69) is 5.10 Å². The van der Waals surface area contributed by atoms with Crippen molar-refractivity contribution in [2.45, 2.75) is 25.7 Å². The summed E-state index contributed by atoms with van der Waals surface area (Å²) < 4.78 is 12.6. The Morgan fingerprint density at radius 1 is 1.29 bits per heavy atom. The topological polar surface area (TPSA) is 62.3 Å². The van der Waals surface area contributed by atoms with E-state index >= 15 is 0 Å². The van der Waals surface area contributed by atoms with Crippen molar-refractivity contribution in [3.8, 4) is 22.6 Å². The lowest BCUT2D eigenvalue weighted by Gasteiger charge is -2.24. The van der Waals surface area contributed by atoms with E-state index in [-0.39, 0.29) is 6.79 Å². The molecule has 0 saturated heterocycles. The van der Waals surface area contributed by atoms with Crippen molar-refractivity contribution in [2.75, 3.05) is 12.5 Å². The summed E-state index contributed by atoms with van der Waals surface area (Å²) in [6.45, 7) is 0.288. The third-order valence-electron chi connectivity index (χ3n) is 4.53. The number of anilines is 1. The van der Waals surface area contributed by atoms with Gasteiger partial charge in [0.05, 0.1) is 5.69 Å². The van der Waals surface area contributed by atoms with Gasteiger partial charge in [0.1, 0.15) is 5.82 Å². The van der Waals surface area contributed by atoms with Crippen LogP contribution in [0.5, 0.6) is 11.5 Å². The maximum absolute atomic E-state index is 6.24. The van der Waals surface area contributed by atoms with E-state index in [1.54, 1.807) is 4.68 Å². The van der Waals surface area contributed by atoms with Gasteiger partial charge in [-0.05, 0) is 30.0 Å². The third-order valence-corrected chi connectivity index (χ3v) is 4.53. The van der Waals surface area contributed by atoms with Gasteiger partial charge in [-0.25, -0.2) is 0 Å². The van der Waals surface area contributed by atoms with Gasteiger partial charge >= 0.3 is 0 Å². The first-order valence-electron chi connectivity index (χ1n) is 7.44. The summed E-state index contributed by atoms with van der Waals surface area (Å²) in [6, 6.07) is 5.97. The Morgan fingerprint density at radius 2 is 2.10 bits per heavy atom. The third kappa shape index (κ3) is 2.04. The minimum absolute atomic E-state index is 0.288.